The average molecular weight is 652 g/mol. The first-order chi connectivity index (χ1) is 19.1. The number of aliphatic hydroxyl groups is 1. The van der Waals surface area contributed by atoms with Crippen molar-refractivity contribution in [1.82, 2.24) is 0 Å². The van der Waals surface area contributed by atoms with Crippen LogP contribution in [0, 0.1) is 13.8 Å². The predicted octanol–water partition coefficient (Wildman–Crippen LogP) is 10.00. The Morgan fingerprint density at radius 1 is 0.775 bits per heavy atom. The Balaban J connectivity index is 1.52. The number of rotatable bonds is 2. The van der Waals surface area contributed by atoms with E-state index < -0.39 is 5.60 Å². The molecule has 1 aliphatic heterocycles. The molecule has 0 aromatic heterocycles. The zero-order chi connectivity index (χ0) is 27.8. The van der Waals surface area contributed by atoms with Gasteiger partial charge in [-0.2, -0.15) is 0 Å². The monoisotopic (exact) mass is 650 g/mol. The van der Waals surface area contributed by atoms with Gasteiger partial charge in [0.05, 0.1) is 0 Å². The molecule has 4 heteroatoms. The minimum Gasteiger partial charge on any atom is -0.456 e. The Hall–Kier alpha value is -3.18. The lowest BCUT2D eigenvalue weighted by atomic mass is 9.71. The molecule has 0 saturated heterocycles. The summed E-state index contributed by atoms with van der Waals surface area (Å²) in [6.45, 7) is 6.41. The van der Waals surface area contributed by atoms with Crippen molar-refractivity contribution in [1.29, 1.82) is 0 Å². The normalized spacial score (nSPS) is 20.9. The van der Waals surface area contributed by atoms with Crippen LogP contribution < -0.4 is 4.74 Å². The fraction of sp³-hybridized carbons (Fsp3) is 0.167. The van der Waals surface area contributed by atoms with Gasteiger partial charge in [-0.05, 0) is 90.0 Å². The van der Waals surface area contributed by atoms with E-state index in [2.05, 4.69) is 132 Å². The minimum atomic E-state index is -1.43. The van der Waals surface area contributed by atoms with Crippen molar-refractivity contribution in [3.8, 4) is 22.6 Å². The number of halogens is 2. The topological polar surface area (TPSA) is 29.5 Å². The number of hydrogen-bond donors (Lipinski definition) is 1. The van der Waals surface area contributed by atoms with Gasteiger partial charge in [0.25, 0.3) is 0 Å². The number of allylic oxidation sites excluding steroid dienone is 1. The Kier molecular flexibility index (Phi) is 5.91. The second kappa shape index (κ2) is 9.17. The van der Waals surface area contributed by atoms with Crippen molar-refractivity contribution in [2.75, 3.05) is 0 Å². The van der Waals surface area contributed by atoms with E-state index in [1.807, 2.05) is 18.2 Å². The first kappa shape index (κ1) is 25.8. The molecule has 1 aliphatic carbocycles. The van der Waals surface area contributed by atoms with Crippen LogP contribution in [0.25, 0.3) is 28.0 Å². The summed E-state index contributed by atoms with van der Waals surface area (Å²) >= 11 is 7.57. The summed E-state index contributed by atoms with van der Waals surface area (Å²) in [5.74, 6) is 1.37. The highest BCUT2D eigenvalue weighted by Crippen LogP contribution is 2.55. The second-order valence-electron chi connectivity index (χ2n) is 11.4. The molecule has 0 amide bonds. The second-order valence-corrected chi connectivity index (χ2v) is 14.1. The van der Waals surface area contributed by atoms with Gasteiger partial charge >= 0.3 is 0 Å². The third kappa shape index (κ3) is 4.08. The van der Waals surface area contributed by atoms with Gasteiger partial charge in [0, 0.05) is 19.9 Å². The lowest BCUT2D eigenvalue weighted by Gasteiger charge is -2.40. The summed E-state index contributed by atoms with van der Waals surface area (Å²) in [7, 11) is 0. The quantitative estimate of drug-likeness (QED) is 0.193. The Labute approximate surface area is 251 Å². The molecule has 1 N–H and O–H groups in total. The van der Waals surface area contributed by atoms with Gasteiger partial charge in [0.15, 0.2) is 0 Å². The van der Waals surface area contributed by atoms with E-state index in [9.17, 15) is 5.11 Å². The maximum Gasteiger partial charge on any atom is 0.148 e. The Morgan fingerprint density at radius 2 is 1.45 bits per heavy atom. The van der Waals surface area contributed by atoms with Crippen LogP contribution in [0.4, 0.5) is 0 Å². The zero-order valence-corrected chi connectivity index (χ0v) is 25.7. The molecule has 0 spiro atoms. The summed E-state index contributed by atoms with van der Waals surface area (Å²) in [6.07, 6.45) is 5.06. The SMILES string of the molecule is Cc1cc(C)cc(-c2ccc(C3(O)c4c(ccc5c4CC(C)(Br)C=C5)Oc4ccc5ccc(Br)cc5c43)cc2)c1. The van der Waals surface area contributed by atoms with E-state index >= 15 is 0 Å². The smallest absolute Gasteiger partial charge is 0.148 e. The fourth-order valence-electron chi connectivity index (χ4n) is 6.45. The molecular weight excluding hydrogens is 624 g/mol. The van der Waals surface area contributed by atoms with Gasteiger partial charge in [-0.25, -0.2) is 0 Å². The van der Waals surface area contributed by atoms with E-state index in [0.717, 1.165) is 55.0 Å². The average Bonchev–Trinajstić information content (AvgIpc) is 2.91. The molecule has 0 radical (unpaired) electrons. The molecule has 5 aromatic rings. The Morgan fingerprint density at radius 3 is 2.20 bits per heavy atom. The van der Waals surface area contributed by atoms with Crippen LogP contribution in [-0.2, 0) is 12.0 Å². The summed E-state index contributed by atoms with van der Waals surface area (Å²) in [6, 6.07) is 29.4. The molecule has 5 aromatic carbocycles. The Bertz CT molecular complexity index is 1850. The van der Waals surface area contributed by atoms with Gasteiger partial charge in [-0.1, -0.05) is 116 Å². The number of fused-ring (bicyclic) bond motifs is 6. The van der Waals surface area contributed by atoms with Crippen LogP contribution in [-0.4, -0.2) is 9.43 Å². The maximum absolute atomic E-state index is 13.3. The molecule has 1 heterocycles. The van der Waals surface area contributed by atoms with E-state index in [4.69, 9.17) is 4.74 Å². The van der Waals surface area contributed by atoms with Crippen molar-refractivity contribution in [3.63, 3.8) is 0 Å². The van der Waals surface area contributed by atoms with Crippen LogP contribution >= 0.6 is 31.9 Å². The first-order valence-corrected chi connectivity index (χ1v) is 15.1. The molecule has 2 unspecified atom stereocenters. The standard InChI is InChI=1S/C36H28Br2O2/c1-21-16-22(2)18-26(17-21)23-4-9-27(10-5-23)36(39)33-29-19-28(37)11-6-24(29)7-12-31(33)40-32-13-8-25-14-15-35(3,38)20-30(25)34(32)36/h4-19,39H,20H2,1-3H3. The highest BCUT2D eigenvalue weighted by atomic mass is 79.9. The molecule has 0 bridgehead atoms. The van der Waals surface area contributed by atoms with Gasteiger partial charge in [-0.15, -0.1) is 0 Å². The molecular formula is C36H28Br2O2. The van der Waals surface area contributed by atoms with Crippen LogP contribution in [0.2, 0.25) is 0 Å². The minimum absolute atomic E-state index is 0.217. The van der Waals surface area contributed by atoms with Gasteiger partial charge in [-0.3, -0.25) is 0 Å². The van der Waals surface area contributed by atoms with Crippen molar-refractivity contribution >= 4 is 48.7 Å². The van der Waals surface area contributed by atoms with Crippen molar-refractivity contribution in [2.45, 2.75) is 37.1 Å². The summed E-state index contributed by atoms with van der Waals surface area (Å²) in [4.78, 5) is 0. The maximum atomic E-state index is 13.3. The van der Waals surface area contributed by atoms with E-state index in [1.54, 1.807) is 0 Å². The number of hydrogen-bond acceptors (Lipinski definition) is 2. The van der Waals surface area contributed by atoms with Crippen LogP contribution in [0.5, 0.6) is 11.5 Å². The largest absolute Gasteiger partial charge is 0.456 e. The van der Waals surface area contributed by atoms with E-state index in [0.29, 0.717) is 11.5 Å². The molecule has 198 valence electrons. The molecule has 2 aliphatic rings. The molecule has 0 fully saturated rings. The van der Waals surface area contributed by atoms with Crippen molar-refractivity contribution in [2.24, 2.45) is 0 Å². The van der Waals surface area contributed by atoms with Crippen LogP contribution in [0.3, 0.4) is 0 Å². The van der Waals surface area contributed by atoms with Gasteiger partial charge in [0.2, 0.25) is 0 Å². The van der Waals surface area contributed by atoms with Crippen molar-refractivity contribution in [3.05, 3.63) is 134 Å². The fourth-order valence-corrected chi connectivity index (χ4v) is 7.22. The van der Waals surface area contributed by atoms with E-state index in [-0.39, 0.29) is 4.32 Å². The number of alkyl halides is 1. The van der Waals surface area contributed by atoms with Gasteiger partial charge < -0.3 is 9.84 Å². The van der Waals surface area contributed by atoms with Gasteiger partial charge in [0.1, 0.15) is 17.1 Å². The van der Waals surface area contributed by atoms with E-state index in [1.165, 1.54) is 16.7 Å². The van der Waals surface area contributed by atoms with Crippen LogP contribution in [0.15, 0.2) is 95.5 Å². The van der Waals surface area contributed by atoms with Crippen molar-refractivity contribution < 1.29 is 9.84 Å². The number of ether oxygens (including phenoxy) is 1. The highest BCUT2D eigenvalue weighted by Gasteiger charge is 2.46. The molecule has 2 atom stereocenters. The molecule has 0 saturated carbocycles. The number of aryl methyl sites for hydroxylation is 2. The lowest BCUT2D eigenvalue weighted by Crippen LogP contribution is -2.36. The van der Waals surface area contributed by atoms with Crippen LogP contribution in [0.1, 0.15) is 45.9 Å². The highest BCUT2D eigenvalue weighted by molar-refractivity contribution is 9.10. The predicted molar refractivity (Wildman–Crippen MR) is 172 cm³/mol. The summed E-state index contributed by atoms with van der Waals surface area (Å²) < 4.78 is 7.32. The molecule has 40 heavy (non-hydrogen) atoms. The number of benzene rings is 5. The third-order valence-electron chi connectivity index (χ3n) is 8.19. The third-order valence-corrected chi connectivity index (χ3v) is 9.23. The lowest BCUT2D eigenvalue weighted by molar-refractivity contribution is 0.113. The summed E-state index contributed by atoms with van der Waals surface area (Å²) in [5, 5.41) is 15.3. The summed E-state index contributed by atoms with van der Waals surface area (Å²) in [5.41, 5.74) is 7.96. The zero-order valence-electron chi connectivity index (χ0n) is 22.6. The molecule has 7 rings (SSSR count). The molecule has 2 nitrogen and oxygen atoms in total. The first-order valence-electron chi connectivity index (χ1n) is 13.5.